The lowest BCUT2D eigenvalue weighted by molar-refractivity contribution is 0.266. The lowest BCUT2D eigenvalue weighted by Gasteiger charge is -2.31. The van der Waals surface area contributed by atoms with Crippen molar-refractivity contribution >= 4 is 21.8 Å². The van der Waals surface area contributed by atoms with Crippen LogP contribution >= 0.6 is 0 Å². The van der Waals surface area contributed by atoms with Crippen LogP contribution in [0.4, 0.5) is 0 Å². The fraction of sp³-hybridized carbons (Fsp3) is 0.368. The zero-order valence-corrected chi connectivity index (χ0v) is 13.9. The van der Waals surface area contributed by atoms with Gasteiger partial charge in [0.1, 0.15) is 6.29 Å². The average Bonchev–Trinajstić information content (AvgIpc) is 2.80. The van der Waals surface area contributed by atoms with Gasteiger partial charge in [-0.3, -0.25) is 10.6 Å². The van der Waals surface area contributed by atoms with E-state index in [-0.39, 0.29) is 11.8 Å². The lowest BCUT2D eigenvalue weighted by Crippen LogP contribution is -2.47. The van der Waals surface area contributed by atoms with E-state index in [0.717, 1.165) is 6.54 Å². The van der Waals surface area contributed by atoms with Crippen molar-refractivity contribution < 1.29 is 0 Å². The molecule has 0 fully saturated rings. The summed E-state index contributed by atoms with van der Waals surface area (Å²) in [5.74, 6) is 0. The Labute approximate surface area is 132 Å². The molecule has 1 unspecified atom stereocenters. The van der Waals surface area contributed by atoms with Crippen LogP contribution < -0.4 is 10.6 Å². The summed E-state index contributed by atoms with van der Waals surface area (Å²) in [5.41, 5.74) is 2.54. The van der Waals surface area contributed by atoms with E-state index in [9.17, 15) is 0 Å². The molecule has 3 heteroatoms. The van der Waals surface area contributed by atoms with Crippen LogP contribution in [0.2, 0.25) is 0 Å². The van der Waals surface area contributed by atoms with Gasteiger partial charge in [0.25, 0.3) is 0 Å². The molecule has 116 valence electrons. The number of hydrogen-bond acceptors (Lipinski definition) is 2. The highest BCUT2D eigenvalue weighted by atomic mass is 15.3. The van der Waals surface area contributed by atoms with Crippen molar-refractivity contribution in [2.45, 2.75) is 39.5 Å². The number of rotatable bonds is 4. The van der Waals surface area contributed by atoms with E-state index in [1.54, 1.807) is 0 Å². The lowest BCUT2D eigenvalue weighted by atomic mass is 10.1. The first-order valence-corrected chi connectivity index (χ1v) is 8.00. The van der Waals surface area contributed by atoms with Crippen molar-refractivity contribution in [3.63, 3.8) is 0 Å². The van der Waals surface area contributed by atoms with Crippen LogP contribution in [0, 0.1) is 0 Å². The summed E-state index contributed by atoms with van der Waals surface area (Å²) in [5, 5.41) is 9.88. The third kappa shape index (κ3) is 2.74. The summed E-state index contributed by atoms with van der Waals surface area (Å²) in [4.78, 5) is 0. The fourth-order valence-electron chi connectivity index (χ4n) is 3.04. The maximum absolute atomic E-state index is 3.70. The first-order chi connectivity index (χ1) is 10.5. The molecule has 0 saturated carbocycles. The van der Waals surface area contributed by atoms with Gasteiger partial charge in [-0.25, -0.2) is 0 Å². The van der Waals surface area contributed by atoms with E-state index >= 15 is 0 Å². The molecule has 0 saturated heterocycles. The van der Waals surface area contributed by atoms with E-state index in [0.29, 0.717) is 0 Å². The summed E-state index contributed by atoms with van der Waals surface area (Å²) in [7, 11) is 0. The highest BCUT2D eigenvalue weighted by Crippen LogP contribution is 2.30. The van der Waals surface area contributed by atoms with Gasteiger partial charge < -0.3 is 4.57 Å². The SMILES string of the molecule is CCNC(NC(C)(C)C)n1c2ccccc2c2ccccc21. The molecule has 1 aromatic heterocycles. The highest BCUT2D eigenvalue weighted by molar-refractivity contribution is 6.08. The standard InChI is InChI=1S/C19H25N3/c1-5-20-18(21-19(2,3)4)22-16-12-8-6-10-14(16)15-11-7-9-13-17(15)22/h6-13,18,20-21H,5H2,1-4H3. The Balaban J connectivity index is 2.25. The highest BCUT2D eigenvalue weighted by Gasteiger charge is 2.21. The molecule has 0 aliphatic rings. The minimum absolute atomic E-state index is 0.0271. The van der Waals surface area contributed by atoms with Gasteiger partial charge >= 0.3 is 0 Å². The van der Waals surface area contributed by atoms with Gasteiger partial charge in [-0.1, -0.05) is 43.3 Å². The molecule has 0 spiro atoms. The number of hydrogen-bond donors (Lipinski definition) is 2. The molecule has 1 atom stereocenters. The van der Waals surface area contributed by atoms with Crippen molar-refractivity contribution in [2.75, 3.05) is 6.54 Å². The second-order valence-corrected chi connectivity index (χ2v) is 6.76. The maximum atomic E-state index is 3.70. The van der Waals surface area contributed by atoms with Crippen molar-refractivity contribution in [1.29, 1.82) is 0 Å². The molecular weight excluding hydrogens is 270 g/mol. The second-order valence-electron chi connectivity index (χ2n) is 6.76. The molecule has 2 N–H and O–H groups in total. The molecule has 3 rings (SSSR count). The van der Waals surface area contributed by atoms with Gasteiger partial charge in [0.05, 0.1) is 11.0 Å². The van der Waals surface area contributed by atoms with E-state index in [2.05, 4.69) is 91.4 Å². The van der Waals surface area contributed by atoms with Crippen molar-refractivity contribution in [1.82, 2.24) is 15.2 Å². The van der Waals surface area contributed by atoms with E-state index in [1.165, 1.54) is 21.8 Å². The molecule has 0 aliphatic heterocycles. The topological polar surface area (TPSA) is 29.0 Å². The minimum Gasteiger partial charge on any atom is -0.311 e. The summed E-state index contributed by atoms with van der Waals surface area (Å²) >= 11 is 0. The number of benzene rings is 2. The fourth-order valence-corrected chi connectivity index (χ4v) is 3.04. The molecule has 1 heterocycles. The van der Waals surface area contributed by atoms with Gasteiger partial charge in [0, 0.05) is 16.3 Å². The third-order valence-corrected chi connectivity index (χ3v) is 3.84. The van der Waals surface area contributed by atoms with Crippen LogP contribution in [-0.2, 0) is 0 Å². The van der Waals surface area contributed by atoms with E-state index in [1.807, 2.05) is 0 Å². The zero-order chi connectivity index (χ0) is 15.7. The maximum Gasteiger partial charge on any atom is 0.139 e. The number of para-hydroxylation sites is 2. The van der Waals surface area contributed by atoms with Gasteiger partial charge in [-0.15, -0.1) is 0 Å². The van der Waals surface area contributed by atoms with Crippen molar-refractivity contribution in [2.24, 2.45) is 0 Å². The Hall–Kier alpha value is -1.84. The number of aromatic nitrogens is 1. The van der Waals surface area contributed by atoms with Crippen LogP contribution in [0.5, 0.6) is 0 Å². The van der Waals surface area contributed by atoms with Crippen LogP contribution in [0.25, 0.3) is 21.8 Å². The second kappa shape index (κ2) is 5.75. The summed E-state index contributed by atoms with van der Waals surface area (Å²) in [6, 6.07) is 17.2. The largest absolute Gasteiger partial charge is 0.311 e. The van der Waals surface area contributed by atoms with E-state index in [4.69, 9.17) is 0 Å². The Morgan fingerprint density at radius 1 is 0.909 bits per heavy atom. The smallest absolute Gasteiger partial charge is 0.139 e. The molecule has 0 radical (unpaired) electrons. The Morgan fingerprint density at radius 2 is 1.41 bits per heavy atom. The molecule has 0 bridgehead atoms. The van der Waals surface area contributed by atoms with E-state index < -0.39 is 0 Å². The Bertz CT molecular complexity index is 727. The average molecular weight is 295 g/mol. The monoisotopic (exact) mass is 295 g/mol. The molecule has 3 nitrogen and oxygen atoms in total. The van der Waals surface area contributed by atoms with Gasteiger partial charge in [0.15, 0.2) is 0 Å². The normalized spacial score (nSPS) is 13.8. The molecule has 2 aromatic carbocycles. The Kier molecular flexibility index (Phi) is 3.94. The van der Waals surface area contributed by atoms with Gasteiger partial charge in [0.2, 0.25) is 0 Å². The van der Waals surface area contributed by atoms with Crippen LogP contribution in [0.3, 0.4) is 0 Å². The van der Waals surface area contributed by atoms with Crippen LogP contribution in [-0.4, -0.2) is 16.7 Å². The first kappa shape index (κ1) is 15.1. The predicted octanol–water partition coefficient (Wildman–Crippen LogP) is 4.25. The molecule has 0 amide bonds. The summed E-state index contributed by atoms with van der Waals surface area (Å²) in [6.45, 7) is 9.65. The number of nitrogens with zero attached hydrogens (tertiary/aromatic N) is 1. The minimum atomic E-state index is 0.0271. The number of fused-ring (bicyclic) bond motifs is 3. The number of nitrogens with one attached hydrogen (secondary N) is 2. The quantitative estimate of drug-likeness (QED) is 0.705. The predicted molar refractivity (Wildman–Crippen MR) is 95.0 cm³/mol. The van der Waals surface area contributed by atoms with Crippen LogP contribution in [0.15, 0.2) is 48.5 Å². The Morgan fingerprint density at radius 3 is 1.86 bits per heavy atom. The first-order valence-electron chi connectivity index (χ1n) is 8.00. The van der Waals surface area contributed by atoms with Crippen LogP contribution in [0.1, 0.15) is 34.0 Å². The molecule has 3 aromatic rings. The molecule has 22 heavy (non-hydrogen) atoms. The van der Waals surface area contributed by atoms with Gasteiger partial charge in [-0.05, 0) is 39.4 Å². The van der Waals surface area contributed by atoms with Crippen molar-refractivity contribution in [3.05, 3.63) is 48.5 Å². The summed E-state index contributed by atoms with van der Waals surface area (Å²) < 4.78 is 2.37. The zero-order valence-electron chi connectivity index (χ0n) is 13.9. The van der Waals surface area contributed by atoms with Crippen molar-refractivity contribution in [3.8, 4) is 0 Å². The molecule has 0 aliphatic carbocycles. The third-order valence-electron chi connectivity index (χ3n) is 3.84. The van der Waals surface area contributed by atoms with Gasteiger partial charge in [-0.2, -0.15) is 0 Å². The summed E-state index contributed by atoms with van der Waals surface area (Å²) in [6.07, 6.45) is 0.0646. The molecular formula is C19H25N3.